The predicted molar refractivity (Wildman–Crippen MR) is 135 cm³/mol. The van der Waals surface area contributed by atoms with Gasteiger partial charge in [-0.05, 0) is 24.3 Å². The SMILES string of the molecule is O=c1[nH]c(CN2CCN(c3nc(-c4ccccc4)nc4ccccc34)CC2)nc2ccccc12. The lowest BCUT2D eigenvalue weighted by atomic mass is 10.1. The Morgan fingerprint density at radius 3 is 2.12 bits per heavy atom. The van der Waals surface area contributed by atoms with Crippen LogP contribution in [0.3, 0.4) is 0 Å². The second-order valence-corrected chi connectivity index (χ2v) is 8.55. The monoisotopic (exact) mass is 448 g/mol. The molecule has 34 heavy (non-hydrogen) atoms. The highest BCUT2D eigenvalue weighted by Gasteiger charge is 2.22. The summed E-state index contributed by atoms with van der Waals surface area (Å²) in [6, 6.07) is 25.8. The molecule has 168 valence electrons. The molecule has 1 fully saturated rings. The van der Waals surface area contributed by atoms with Crippen molar-refractivity contribution in [1.82, 2.24) is 24.8 Å². The van der Waals surface area contributed by atoms with E-state index in [-0.39, 0.29) is 5.56 Å². The van der Waals surface area contributed by atoms with Crippen molar-refractivity contribution < 1.29 is 0 Å². The van der Waals surface area contributed by atoms with Crippen molar-refractivity contribution in [3.8, 4) is 11.4 Å². The van der Waals surface area contributed by atoms with E-state index in [9.17, 15) is 4.79 Å². The molecule has 0 unspecified atom stereocenters. The first kappa shape index (κ1) is 20.5. The Bertz CT molecular complexity index is 1520. The fraction of sp³-hybridized carbons (Fsp3) is 0.185. The maximum atomic E-state index is 12.4. The van der Waals surface area contributed by atoms with Crippen LogP contribution < -0.4 is 10.5 Å². The highest BCUT2D eigenvalue weighted by Crippen LogP contribution is 2.28. The molecule has 0 aliphatic carbocycles. The summed E-state index contributed by atoms with van der Waals surface area (Å²) in [5.74, 6) is 2.42. The first-order chi connectivity index (χ1) is 16.7. The second kappa shape index (κ2) is 8.68. The largest absolute Gasteiger partial charge is 0.353 e. The van der Waals surface area contributed by atoms with Crippen LogP contribution in [0.15, 0.2) is 83.7 Å². The van der Waals surface area contributed by atoms with Crippen LogP contribution in [-0.2, 0) is 6.54 Å². The van der Waals surface area contributed by atoms with Gasteiger partial charge in [-0.2, -0.15) is 0 Å². The highest BCUT2D eigenvalue weighted by molar-refractivity contribution is 5.91. The van der Waals surface area contributed by atoms with Crippen LogP contribution in [0.5, 0.6) is 0 Å². The molecular weight excluding hydrogens is 424 g/mol. The average Bonchev–Trinajstić information content (AvgIpc) is 2.89. The lowest BCUT2D eigenvalue weighted by molar-refractivity contribution is 0.244. The number of hydrogen-bond donors (Lipinski definition) is 1. The molecule has 0 atom stereocenters. The van der Waals surface area contributed by atoms with Crippen LogP contribution in [0.1, 0.15) is 5.82 Å². The quantitative estimate of drug-likeness (QED) is 0.450. The summed E-state index contributed by atoms with van der Waals surface area (Å²) in [5.41, 5.74) is 2.62. The summed E-state index contributed by atoms with van der Waals surface area (Å²) in [4.78, 5) is 34.5. The van der Waals surface area contributed by atoms with E-state index >= 15 is 0 Å². The molecule has 3 heterocycles. The molecule has 1 saturated heterocycles. The Hall–Kier alpha value is -4.10. The van der Waals surface area contributed by atoms with Gasteiger partial charge in [0.25, 0.3) is 5.56 Å². The zero-order chi connectivity index (χ0) is 22.9. The van der Waals surface area contributed by atoms with Gasteiger partial charge in [-0.1, -0.05) is 54.6 Å². The summed E-state index contributed by atoms with van der Waals surface area (Å²) < 4.78 is 0. The van der Waals surface area contributed by atoms with E-state index in [1.165, 1.54) is 0 Å². The minimum Gasteiger partial charge on any atom is -0.353 e. The Balaban J connectivity index is 1.24. The number of H-pyrrole nitrogens is 1. The molecule has 2 aromatic heterocycles. The van der Waals surface area contributed by atoms with Crippen LogP contribution >= 0.6 is 0 Å². The molecule has 1 N–H and O–H groups in total. The zero-order valence-electron chi connectivity index (χ0n) is 18.7. The van der Waals surface area contributed by atoms with Crippen LogP contribution in [-0.4, -0.2) is 51.0 Å². The van der Waals surface area contributed by atoms with Gasteiger partial charge in [-0.3, -0.25) is 9.69 Å². The molecule has 7 heteroatoms. The Morgan fingerprint density at radius 1 is 0.706 bits per heavy atom. The van der Waals surface area contributed by atoms with Gasteiger partial charge < -0.3 is 9.88 Å². The third-order valence-electron chi connectivity index (χ3n) is 6.32. The van der Waals surface area contributed by atoms with Gasteiger partial charge >= 0.3 is 0 Å². The van der Waals surface area contributed by atoms with Gasteiger partial charge in [-0.25, -0.2) is 15.0 Å². The Labute approximate surface area is 196 Å². The van der Waals surface area contributed by atoms with E-state index in [4.69, 9.17) is 9.97 Å². The first-order valence-corrected chi connectivity index (χ1v) is 11.5. The van der Waals surface area contributed by atoms with E-state index in [2.05, 4.69) is 25.8 Å². The Morgan fingerprint density at radius 2 is 1.35 bits per heavy atom. The van der Waals surface area contributed by atoms with Gasteiger partial charge in [0.15, 0.2) is 5.82 Å². The third kappa shape index (κ3) is 3.91. The fourth-order valence-electron chi connectivity index (χ4n) is 4.56. The fourth-order valence-corrected chi connectivity index (χ4v) is 4.56. The Kier molecular flexibility index (Phi) is 5.24. The minimum absolute atomic E-state index is 0.0832. The topological polar surface area (TPSA) is 78.0 Å². The normalized spacial score (nSPS) is 14.6. The average molecular weight is 449 g/mol. The number of aromatic nitrogens is 4. The molecular formula is C27H24N6O. The number of aromatic amines is 1. The number of fused-ring (bicyclic) bond motifs is 2. The van der Waals surface area contributed by atoms with Crippen molar-refractivity contribution >= 4 is 27.6 Å². The van der Waals surface area contributed by atoms with Crippen molar-refractivity contribution in [2.24, 2.45) is 0 Å². The van der Waals surface area contributed by atoms with Crippen molar-refractivity contribution in [3.63, 3.8) is 0 Å². The molecule has 0 radical (unpaired) electrons. The molecule has 0 amide bonds. The first-order valence-electron chi connectivity index (χ1n) is 11.5. The molecule has 0 saturated carbocycles. The van der Waals surface area contributed by atoms with Crippen molar-refractivity contribution in [3.05, 3.63) is 95.0 Å². The zero-order valence-corrected chi connectivity index (χ0v) is 18.7. The number of hydrogen-bond acceptors (Lipinski definition) is 6. The lowest BCUT2D eigenvalue weighted by Crippen LogP contribution is -2.46. The summed E-state index contributed by atoms with van der Waals surface area (Å²) in [6.07, 6.45) is 0. The number of anilines is 1. The van der Waals surface area contributed by atoms with Crippen LogP contribution in [0.4, 0.5) is 5.82 Å². The molecule has 1 aliphatic rings. The van der Waals surface area contributed by atoms with Crippen LogP contribution in [0, 0.1) is 0 Å². The molecule has 3 aromatic carbocycles. The van der Waals surface area contributed by atoms with Crippen molar-refractivity contribution in [2.75, 3.05) is 31.1 Å². The van der Waals surface area contributed by atoms with Crippen molar-refractivity contribution in [1.29, 1.82) is 0 Å². The van der Waals surface area contributed by atoms with Gasteiger partial charge in [0.1, 0.15) is 11.6 Å². The summed E-state index contributed by atoms with van der Waals surface area (Å²) in [6.45, 7) is 4.01. The number of nitrogens with one attached hydrogen (secondary N) is 1. The van der Waals surface area contributed by atoms with Gasteiger partial charge in [0.2, 0.25) is 0 Å². The number of para-hydroxylation sites is 2. The summed E-state index contributed by atoms with van der Waals surface area (Å²) in [5, 5.41) is 1.69. The number of nitrogens with zero attached hydrogens (tertiary/aromatic N) is 5. The van der Waals surface area contributed by atoms with Gasteiger partial charge in [-0.15, -0.1) is 0 Å². The molecule has 1 aliphatic heterocycles. The molecule has 5 aromatic rings. The van der Waals surface area contributed by atoms with Gasteiger partial charge in [0.05, 0.1) is 23.0 Å². The minimum atomic E-state index is -0.0832. The number of piperazine rings is 1. The maximum Gasteiger partial charge on any atom is 0.258 e. The van der Waals surface area contributed by atoms with E-state index < -0.39 is 0 Å². The lowest BCUT2D eigenvalue weighted by Gasteiger charge is -2.35. The number of rotatable bonds is 4. The van der Waals surface area contributed by atoms with Crippen molar-refractivity contribution in [2.45, 2.75) is 6.54 Å². The summed E-state index contributed by atoms with van der Waals surface area (Å²) in [7, 11) is 0. The van der Waals surface area contributed by atoms with Crippen LogP contribution in [0.25, 0.3) is 33.2 Å². The van der Waals surface area contributed by atoms with Crippen LogP contribution in [0.2, 0.25) is 0 Å². The van der Waals surface area contributed by atoms with Gasteiger partial charge in [0, 0.05) is 37.1 Å². The highest BCUT2D eigenvalue weighted by atomic mass is 16.1. The van der Waals surface area contributed by atoms with E-state index in [0.717, 1.165) is 59.8 Å². The smallest absolute Gasteiger partial charge is 0.258 e. The standard InChI is InChI=1S/C27H24N6O/c34-27-21-11-5-7-13-23(21)28-24(30-27)18-32-14-16-33(17-15-32)26-20-10-4-6-12-22(20)29-25(31-26)19-8-2-1-3-9-19/h1-13H,14-18H2,(H,28,30,34). The molecule has 0 bridgehead atoms. The van der Waals surface area contributed by atoms with E-state index in [0.29, 0.717) is 17.8 Å². The molecule has 0 spiro atoms. The number of benzene rings is 3. The predicted octanol–water partition coefficient (Wildman–Crippen LogP) is 3.86. The molecule has 7 nitrogen and oxygen atoms in total. The summed E-state index contributed by atoms with van der Waals surface area (Å²) >= 11 is 0. The van der Waals surface area contributed by atoms with E-state index in [1.807, 2.05) is 66.7 Å². The maximum absolute atomic E-state index is 12.4. The van der Waals surface area contributed by atoms with E-state index in [1.54, 1.807) is 6.07 Å². The second-order valence-electron chi connectivity index (χ2n) is 8.55. The third-order valence-corrected chi connectivity index (χ3v) is 6.32. The molecule has 6 rings (SSSR count).